The third-order valence-electron chi connectivity index (χ3n) is 1.32. The number of carbonyl (C=O) groups excluding carboxylic acids is 2. The van der Waals surface area contributed by atoms with Crippen LogP contribution >= 0.6 is 0 Å². The predicted octanol–water partition coefficient (Wildman–Crippen LogP) is 1.28. The number of nitrogens with two attached hydrogens (primary N) is 1. The molecule has 5 heteroatoms. The maximum absolute atomic E-state index is 11.3. The van der Waals surface area contributed by atoms with E-state index in [0.29, 0.717) is 5.01 Å². The number of hydrogen-bond acceptors (Lipinski definition) is 4. The van der Waals surface area contributed by atoms with Crippen LogP contribution in [0, 0.1) is 5.92 Å². The van der Waals surface area contributed by atoms with E-state index in [2.05, 4.69) is 0 Å². The number of amides is 2. The average Bonchev–Trinajstić information content (AvgIpc) is 1.98. The molecule has 14 heavy (non-hydrogen) atoms. The minimum absolute atomic E-state index is 0.326. The first kappa shape index (κ1) is 12.9. The Hall–Kier alpha value is -1.10. The molecule has 2 N–H and O–H groups in total. The van der Waals surface area contributed by atoms with E-state index in [4.69, 9.17) is 10.6 Å². The predicted molar refractivity (Wildman–Crippen MR) is 52.1 cm³/mol. The number of imide groups is 1. The molecule has 0 aliphatic carbocycles. The van der Waals surface area contributed by atoms with Crippen molar-refractivity contribution in [3.63, 3.8) is 0 Å². The first-order chi connectivity index (χ1) is 6.15. The summed E-state index contributed by atoms with van der Waals surface area (Å²) in [5.41, 5.74) is -0.647. The van der Waals surface area contributed by atoms with Gasteiger partial charge in [0.1, 0.15) is 5.60 Å². The monoisotopic (exact) mass is 202 g/mol. The van der Waals surface area contributed by atoms with Crippen LogP contribution in [0.15, 0.2) is 0 Å². The Morgan fingerprint density at radius 2 is 1.71 bits per heavy atom. The lowest BCUT2D eigenvalue weighted by Crippen LogP contribution is -2.47. The molecule has 0 aromatic carbocycles. The lowest BCUT2D eigenvalue weighted by atomic mass is 10.2. The fourth-order valence-corrected chi connectivity index (χ4v) is 0.679. The molecule has 0 unspecified atom stereocenters. The van der Waals surface area contributed by atoms with Crippen molar-refractivity contribution in [2.45, 2.75) is 40.2 Å². The van der Waals surface area contributed by atoms with Crippen LogP contribution in [0.4, 0.5) is 4.79 Å². The topological polar surface area (TPSA) is 72.6 Å². The summed E-state index contributed by atoms with van der Waals surface area (Å²) in [6, 6.07) is 0. The maximum Gasteiger partial charge on any atom is 0.431 e. The van der Waals surface area contributed by atoms with E-state index in [0.717, 1.165) is 0 Å². The van der Waals surface area contributed by atoms with Crippen molar-refractivity contribution in [2.75, 3.05) is 0 Å². The van der Waals surface area contributed by atoms with Crippen molar-refractivity contribution in [3.05, 3.63) is 0 Å². The van der Waals surface area contributed by atoms with Gasteiger partial charge in [0.05, 0.1) is 0 Å². The van der Waals surface area contributed by atoms with Crippen LogP contribution in [-0.4, -0.2) is 22.6 Å². The van der Waals surface area contributed by atoms with Gasteiger partial charge in [0.2, 0.25) is 5.91 Å². The Morgan fingerprint density at radius 3 is 2.00 bits per heavy atom. The first-order valence-electron chi connectivity index (χ1n) is 4.47. The smallest absolute Gasteiger partial charge is 0.431 e. The molecular formula is C9H18N2O3. The van der Waals surface area contributed by atoms with Gasteiger partial charge in [-0.05, 0) is 20.8 Å². The minimum Gasteiger partial charge on any atom is -0.442 e. The molecule has 0 saturated heterocycles. The molecule has 5 nitrogen and oxygen atoms in total. The van der Waals surface area contributed by atoms with Crippen LogP contribution in [0.1, 0.15) is 34.6 Å². The van der Waals surface area contributed by atoms with Crippen molar-refractivity contribution in [3.8, 4) is 0 Å². The van der Waals surface area contributed by atoms with Crippen molar-refractivity contribution in [1.29, 1.82) is 0 Å². The van der Waals surface area contributed by atoms with Crippen molar-refractivity contribution in [1.82, 2.24) is 5.01 Å². The second kappa shape index (κ2) is 4.41. The standard InChI is InChI=1S/C9H18N2O3/c1-6(2)7(12)11(10)8(13)14-9(3,4)5/h6H,10H2,1-5H3. The minimum atomic E-state index is -0.823. The molecule has 0 aliphatic rings. The van der Waals surface area contributed by atoms with E-state index >= 15 is 0 Å². The Morgan fingerprint density at radius 1 is 1.29 bits per heavy atom. The van der Waals surface area contributed by atoms with Gasteiger partial charge < -0.3 is 4.74 Å². The molecule has 0 saturated carbocycles. The van der Waals surface area contributed by atoms with Crippen molar-refractivity contribution >= 4 is 12.0 Å². The first-order valence-corrected chi connectivity index (χ1v) is 4.47. The van der Waals surface area contributed by atoms with Crippen molar-refractivity contribution < 1.29 is 14.3 Å². The molecule has 0 fully saturated rings. The summed E-state index contributed by atoms with van der Waals surface area (Å²) in [4.78, 5) is 22.5. The molecule has 0 aromatic rings. The van der Waals surface area contributed by atoms with Gasteiger partial charge in [0.15, 0.2) is 0 Å². The Kier molecular flexibility index (Phi) is 4.07. The molecular weight excluding hydrogens is 184 g/mol. The van der Waals surface area contributed by atoms with Crippen LogP contribution in [0.3, 0.4) is 0 Å². The lowest BCUT2D eigenvalue weighted by molar-refractivity contribution is -0.133. The molecule has 0 rings (SSSR count). The second-order valence-electron chi connectivity index (χ2n) is 4.34. The summed E-state index contributed by atoms with van der Waals surface area (Å²) in [6.07, 6.45) is -0.823. The average molecular weight is 202 g/mol. The van der Waals surface area contributed by atoms with Gasteiger partial charge in [-0.15, -0.1) is 0 Å². The van der Waals surface area contributed by atoms with E-state index in [1.807, 2.05) is 0 Å². The van der Waals surface area contributed by atoms with Crippen LogP contribution in [0.25, 0.3) is 0 Å². The van der Waals surface area contributed by atoms with E-state index < -0.39 is 17.6 Å². The second-order valence-corrected chi connectivity index (χ2v) is 4.34. The highest BCUT2D eigenvalue weighted by atomic mass is 16.6. The molecule has 0 radical (unpaired) electrons. The quantitative estimate of drug-likeness (QED) is 0.395. The molecule has 0 spiro atoms. The number of rotatable bonds is 1. The normalized spacial score (nSPS) is 11.4. The molecule has 0 bridgehead atoms. The van der Waals surface area contributed by atoms with Gasteiger partial charge in [-0.1, -0.05) is 13.8 Å². The summed E-state index contributed by atoms with van der Waals surface area (Å²) in [7, 11) is 0. The zero-order valence-electron chi connectivity index (χ0n) is 9.33. The number of hydrazine groups is 1. The van der Waals surface area contributed by atoms with Gasteiger partial charge in [-0.2, -0.15) is 5.01 Å². The van der Waals surface area contributed by atoms with Gasteiger partial charge in [-0.25, -0.2) is 10.6 Å². The van der Waals surface area contributed by atoms with E-state index in [1.54, 1.807) is 34.6 Å². The summed E-state index contributed by atoms with van der Waals surface area (Å²) in [5, 5.41) is 0.510. The molecule has 0 aliphatic heterocycles. The molecule has 0 atom stereocenters. The Bertz CT molecular complexity index is 231. The third-order valence-corrected chi connectivity index (χ3v) is 1.32. The van der Waals surface area contributed by atoms with Crippen LogP contribution < -0.4 is 5.84 Å². The SMILES string of the molecule is CC(C)C(=O)N(N)C(=O)OC(C)(C)C. The highest BCUT2D eigenvalue weighted by molar-refractivity contribution is 5.92. The van der Waals surface area contributed by atoms with Crippen LogP contribution in [0.5, 0.6) is 0 Å². The number of carbonyl (C=O) groups is 2. The molecule has 0 aromatic heterocycles. The zero-order chi connectivity index (χ0) is 11.5. The third kappa shape index (κ3) is 4.23. The van der Waals surface area contributed by atoms with Crippen molar-refractivity contribution in [2.24, 2.45) is 11.8 Å². The largest absolute Gasteiger partial charge is 0.442 e. The lowest BCUT2D eigenvalue weighted by Gasteiger charge is -2.23. The fraction of sp³-hybridized carbons (Fsp3) is 0.778. The van der Waals surface area contributed by atoms with E-state index in [-0.39, 0.29) is 5.92 Å². The number of ether oxygens (including phenoxy) is 1. The van der Waals surface area contributed by atoms with E-state index in [9.17, 15) is 9.59 Å². The highest BCUT2D eigenvalue weighted by Crippen LogP contribution is 2.09. The van der Waals surface area contributed by atoms with Gasteiger partial charge in [0.25, 0.3) is 0 Å². The summed E-state index contributed by atoms with van der Waals surface area (Å²) in [5.74, 6) is 4.49. The maximum atomic E-state index is 11.3. The molecule has 82 valence electrons. The summed E-state index contributed by atoms with van der Waals surface area (Å²) >= 11 is 0. The summed E-state index contributed by atoms with van der Waals surface area (Å²) < 4.78 is 4.91. The van der Waals surface area contributed by atoms with Gasteiger partial charge in [0, 0.05) is 5.92 Å². The zero-order valence-corrected chi connectivity index (χ0v) is 9.33. The molecule has 0 heterocycles. The Labute approximate surface area is 84.2 Å². The fourth-order valence-electron chi connectivity index (χ4n) is 0.679. The van der Waals surface area contributed by atoms with Gasteiger partial charge in [-0.3, -0.25) is 4.79 Å². The number of nitrogens with zero attached hydrogens (tertiary/aromatic N) is 1. The van der Waals surface area contributed by atoms with Gasteiger partial charge >= 0.3 is 6.09 Å². The summed E-state index contributed by atoms with van der Waals surface area (Å²) in [6.45, 7) is 8.44. The molecule has 2 amide bonds. The van der Waals surface area contributed by atoms with E-state index in [1.165, 1.54) is 0 Å². The Balaban J connectivity index is 4.34. The van der Waals surface area contributed by atoms with Crippen LogP contribution in [-0.2, 0) is 9.53 Å². The number of hydrogen-bond donors (Lipinski definition) is 1. The van der Waals surface area contributed by atoms with Crippen LogP contribution in [0.2, 0.25) is 0 Å². The highest BCUT2D eigenvalue weighted by Gasteiger charge is 2.25.